The van der Waals surface area contributed by atoms with Crippen molar-refractivity contribution < 1.29 is 4.52 Å². The molecule has 0 spiro atoms. The van der Waals surface area contributed by atoms with E-state index in [-0.39, 0.29) is 0 Å². The minimum atomic E-state index is 0.310. The molecule has 1 fully saturated rings. The van der Waals surface area contributed by atoms with Crippen molar-refractivity contribution in [3.8, 4) is 0 Å². The molecular weight excluding hydrogens is 230 g/mol. The Labute approximate surface area is 108 Å². The third-order valence-electron chi connectivity index (χ3n) is 3.39. The van der Waals surface area contributed by atoms with Crippen molar-refractivity contribution in [3.05, 3.63) is 11.7 Å². The van der Waals surface area contributed by atoms with Gasteiger partial charge in [-0.2, -0.15) is 4.98 Å². The average Bonchev–Trinajstić information content (AvgIpc) is 2.76. The first kappa shape index (κ1) is 13.5. The van der Waals surface area contributed by atoms with Crippen molar-refractivity contribution >= 4 is 0 Å². The van der Waals surface area contributed by atoms with Gasteiger partial charge in [0.15, 0.2) is 5.82 Å². The lowest BCUT2D eigenvalue weighted by molar-refractivity contribution is 0.161. The van der Waals surface area contributed by atoms with Crippen molar-refractivity contribution in [2.75, 3.05) is 33.7 Å². The van der Waals surface area contributed by atoms with Crippen molar-refractivity contribution in [2.45, 2.75) is 25.9 Å². The summed E-state index contributed by atoms with van der Waals surface area (Å²) < 4.78 is 5.00. The van der Waals surface area contributed by atoms with Gasteiger partial charge in [-0.3, -0.25) is 4.90 Å². The Morgan fingerprint density at radius 1 is 1.56 bits per heavy atom. The lowest BCUT2D eigenvalue weighted by atomic mass is 9.98. The van der Waals surface area contributed by atoms with Gasteiger partial charge >= 0.3 is 0 Å². The molecule has 2 rings (SSSR count). The standard InChI is InChI=1S/C12H23N5O/c1-16-5-3-4-10(7-16)8-17(2)9-11-14-12(6-13)18-15-11/h10H,3-9,13H2,1-2H3. The molecule has 6 heteroatoms. The smallest absolute Gasteiger partial charge is 0.240 e. The molecule has 1 saturated heterocycles. The van der Waals surface area contributed by atoms with Crippen molar-refractivity contribution in [3.63, 3.8) is 0 Å². The van der Waals surface area contributed by atoms with Crippen LogP contribution in [0, 0.1) is 5.92 Å². The number of likely N-dealkylation sites (tertiary alicyclic amines) is 1. The molecule has 1 aliphatic heterocycles. The normalized spacial score (nSPS) is 21.7. The van der Waals surface area contributed by atoms with Gasteiger partial charge in [-0.05, 0) is 39.4 Å². The van der Waals surface area contributed by atoms with Crippen molar-refractivity contribution in [2.24, 2.45) is 11.7 Å². The van der Waals surface area contributed by atoms with Crippen LogP contribution in [0.3, 0.4) is 0 Å². The highest BCUT2D eigenvalue weighted by atomic mass is 16.5. The fourth-order valence-corrected chi connectivity index (χ4v) is 2.61. The molecule has 0 saturated carbocycles. The Kier molecular flexibility index (Phi) is 4.68. The molecule has 2 N–H and O–H groups in total. The summed E-state index contributed by atoms with van der Waals surface area (Å²) in [5, 5.41) is 3.92. The Hall–Kier alpha value is -0.980. The zero-order chi connectivity index (χ0) is 13.0. The SMILES string of the molecule is CN1CCCC(CN(C)Cc2noc(CN)n2)C1. The highest BCUT2D eigenvalue weighted by Crippen LogP contribution is 2.16. The Morgan fingerprint density at radius 2 is 2.39 bits per heavy atom. The lowest BCUT2D eigenvalue weighted by Crippen LogP contribution is -2.37. The number of nitrogens with two attached hydrogens (primary N) is 1. The quantitative estimate of drug-likeness (QED) is 0.814. The van der Waals surface area contributed by atoms with E-state index < -0.39 is 0 Å². The largest absolute Gasteiger partial charge is 0.338 e. The summed E-state index contributed by atoms with van der Waals surface area (Å²) in [6, 6.07) is 0. The zero-order valence-electron chi connectivity index (χ0n) is 11.3. The maximum absolute atomic E-state index is 5.44. The monoisotopic (exact) mass is 253 g/mol. The van der Waals surface area contributed by atoms with Crippen LogP contribution < -0.4 is 5.73 Å². The molecule has 2 heterocycles. The number of nitrogens with zero attached hydrogens (tertiary/aromatic N) is 4. The molecule has 18 heavy (non-hydrogen) atoms. The van der Waals surface area contributed by atoms with Crippen LogP contribution in [0.4, 0.5) is 0 Å². The average molecular weight is 253 g/mol. The van der Waals surface area contributed by atoms with Gasteiger partial charge in [-0.15, -0.1) is 0 Å². The van der Waals surface area contributed by atoms with Crippen LogP contribution >= 0.6 is 0 Å². The highest BCUT2D eigenvalue weighted by molar-refractivity contribution is 4.85. The second-order valence-corrected chi connectivity index (χ2v) is 5.28. The van der Waals surface area contributed by atoms with E-state index in [1.165, 1.54) is 25.9 Å². The summed E-state index contributed by atoms with van der Waals surface area (Å²) in [4.78, 5) is 8.89. The van der Waals surface area contributed by atoms with E-state index >= 15 is 0 Å². The maximum atomic E-state index is 5.44. The highest BCUT2D eigenvalue weighted by Gasteiger charge is 2.19. The number of rotatable bonds is 5. The Morgan fingerprint density at radius 3 is 3.06 bits per heavy atom. The predicted molar refractivity (Wildman–Crippen MR) is 68.7 cm³/mol. The van der Waals surface area contributed by atoms with Crippen LogP contribution in [0.1, 0.15) is 24.6 Å². The molecule has 1 aromatic rings. The Balaban J connectivity index is 1.79. The first-order valence-electron chi connectivity index (χ1n) is 6.56. The van der Waals surface area contributed by atoms with Gasteiger partial charge in [0.2, 0.25) is 5.89 Å². The fourth-order valence-electron chi connectivity index (χ4n) is 2.61. The number of hydrogen-bond acceptors (Lipinski definition) is 6. The number of piperidine rings is 1. The molecule has 6 nitrogen and oxygen atoms in total. The summed E-state index contributed by atoms with van der Waals surface area (Å²) in [5.41, 5.74) is 5.44. The van der Waals surface area contributed by atoms with E-state index in [1.807, 2.05) is 0 Å². The summed E-state index contributed by atoms with van der Waals surface area (Å²) in [5.74, 6) is 1.98. The zero-order valence-corrected chi connectivity index (χ0v) is 11.3. The molecule has 102 valence electrons. The van der Waals surface area contributed by atoms with E-state index in [2.05, 4.69) is 34.0 Å². The Bertz CT molecular complexity index is 367. The molecule has 0 bridgehead atoms. The summed E-state index contributed by atoms with van der Waals surface area (Å²) >= 11 is 0. The minimum Gasteiger partial charge on any atom is -0.338 e. The third-order valence-corrected chi connectivity index (χ3v) is 3.39. The first-order valence-corrected chi connectivity index (χ1v) is 6.56. The van der Waals surface area contributed by atoms with Crippen LogP contribution in [-0.2, 0) is 13.1 Å². The number of hydrogen-bond donors (Lipinski definition) is 1. The fraction of sp³-hybridized carbons (Fsp3) is 0.833. The van der Waals surface area contributed by atoms with Gasteiger partial charge in [0.05, 0.1) is 13.1 Å². The second-order valence-electron chi connectivity index (χ2n) is 5.28. The van der Waals surface area contributed by atoms with Gasteiger partial charge in [-0.25, -0.2) is 0 Å². The third kappa shape index (κ3) is 3.76. The van der Waals surface area contributed by atoms with Gasteiger partial charge in [0, 0.05) is 13.1 Å². The van der Waals surface area contributed by atoms with Crippen LogP contribution in [0.25, 0.3) is 0 Å². The van der Waals surface area contributed by atoms with Crippen LogP contribution in [0.15, 0.2) is 4.52 Å². The molecule has 0 radical (unpaired) electrons. The van der Waals surface area contributed by atoms with E-state index in [4.69, 9.17) is 10.3 Å². The summed E-state index contributed by atoms with van der Waals surface area (Å²) in [7, 11) is 4.30. The van der Waals surface area contributed by atoms with Crippen LogP contribution in [0.2, 0.25) is 0 Å². The molecule has 0 amide bonds. The number of aromatic nitrogens is 2. The molecular formula is C12H23N5O. The van der Waals surface area contributed by atoms with Crippen molar-refractivity contribution in [1.29, 1.82) is 0 Å². The van der Waals surface area contributed by atoms with E-state index in [0.717, 1.165) is 24.8 Å². The second kappa shape index (κ2) is 6.26. The molecule has 1 aromatic heterocycles. The summed E-state index contributed by atoms with van der Waals surface area (Å²) in [6.07, 6.45) is 2.61. The predicted octanol–water partition coefficient (Wildman–Crippen LogP) is 0.302. The topological polar surface area (TPSA) is 71.4 Å². The summed E-state index contributed by atoms with van der Waals surface area (Å²) in [6.45, 7) is 4.53. The van der Waals surface area contributed by atoms with Gasteiger partial charge in [0.25, 0.3) is 0 Å². The van der Waals surface area contributed by atoms with Gasteiger partial charge in [-0.1, -0.05) is 5.16 Å². The molecule has 1 unspecified atom stereocenters. The van der Waals surface area contributed by atoms with Crippen molar-refractivity contribution in [1.82, 2.24) is 19.9 Å². The van der Waals surface area contributed by atoms with E-state index in [1.54, 1.807) is 0 Å². The maximum Gasteiger partial charge on any atom is 0.240 e. The van der Waals surface area contributed by atoms with E-state index in [0.29, 0.717) is 12.4 Å². The van der Waals surface area contributed by atoms with E-state index in [9.17, 15) is 0 Å². The molecule has 1 aliphatic rings. The molecule has 0 aromatic carbocycles. The lowest BCUT2D eigenvalue weighted by Gasteiger charge is -2.32. The van der Waals surface area contributed by atoms with Gasteiger partial charge in [0.1, 0.15) is 0 Å². The molecule has 0 aliphatic carbocycles. The first-order chi connectivity index (χ1) is 8.67. The molecule has 1 atom stereocenters. The van der Waals surface area contributed by atoms with Crippen LogP contribution in [-0.4, -0.2) is 53.7 Å². The minimum absolute atomic E-state index is 0.310. The van der Waals surface area contributed by atoms with Crippen LogP contribution in [0.5, 0.6) is 0 Å². The van der Waals surface area contributed by atoms with Gasteiger partial charge < -0.3 is 15.2 Å².